The van der Waals surface area contributed by atoms with Crippen LogP contribution in [0.4, 0.5) is 14.9 Å². The van der Waals surface area contributed by atoms with E-state index in [1.807, 2.05) is 6.92 Å². The van der Waals surface area contributed by atoms with E-state index in [9.17, 15) is 9.18 Å². The average Bonchev–Trinajstić information content (AvgIpc) is 2.34. The zero-order valence-electron chi connectivity index (χ0n) is 10.6. The van der Waals surface area contributed by atoms with E-state index in [1.54, 1.807) is 12.1 Å². The number of likely N-dealkylation sites (tertiary alicyclic amines) is 1. The standard InChI is InChI=1S/C13H16ClFN2O2/c1-8-7-17(13(18)19)5-4-11(8)16-12-3-2-9(14)6-10(12)15/h2-3,6,8,11,16H,4-5,7H2,1H3,(H,18,19)/t8-,11+/m0/s1. The molecule has 0 radical (unpaired) electrons. The molecule has 1 aromatic carbocycles. The fourth-order valence-electron chi connectivity index (χ4n) is 2.34. The number of carboxylic acid groups (broad SMARTS) is 1. The van der Waals surface area contributed by atoms with E-state index in [0.29, 0.717) is 30.2 Å². The van der Waals surface area contributed by atoms with Crippen molar-refractivity contribution in [3.63, 3.8) is 0 Å². The van der Waals surface area contributed by atoms with Crippen molar-refractivity contribution in [3.8, 4) is 0 Å². The van der Waals surface area contributed by atoms with Crippen molar-refractivity contribution in [2.45, 2.75) is 19.4 Å². The summed E-state index contributed by atoms with van der Waals surface area (Å²) < 4.78 is 13.7. The molecule has 1 aromatic rings. The van der Waals surface area contributed by atoms with Gasteiger partial charge in [-0.2, -0.15) is 0 Å². The number of nitrogens with zero attached hydrogens (tertiary/aromatic N) is 1. The number of piperidine rings is 1. The van der Waals surface area contributed by atoms with Crippen molar-refractivity contribution in [1.82, 2.24) is 4.90 Å². The largest absolute Gasteiger partial charge is 0.465 e. The highest BCUT2D eigenvalue weighted by atomic mass is 35.5. The zero-order valence-corrected chi connectivity index (χ0v) is 11.3. The minimum absolute atomic E-state index is 0.0614. The molecule has 0 saturated carbocycles. The van der Waals surface area contributed by atoms with E-state index in [0.717, 1.165) is 0 Å². The molecular weight excluding hydrogens is 271 g/mol. The van der Waals surface area contributed by atoms with E-state index in [2.05, 4.69) is 5.32 Å². The monoisotopic (exact) mass is 286 g/mol. The molecule has 4 nitrogen and oxygen atoms in total. The minimum atomic E-state index is -0.900. The molecule has 1 saturated heterocycles. The molecule has 2 N–H and O–H groups in total. The van der Waals surface area contributed by atoms with Crippen LogP contribution in [0.3, 0.4) is 0 Å². The van der Waals surface area contributed by atoms with Crippen LogP contribution in [0.2, 0.25) is 5.02 Å². The fourth-order valence-corrected chi connectivity index (χ4v) is 2.50. The predicted octanol–water partition coefficient (Wildman–Crippen LogP) is 3.28. The predicted molar refractivity (Wildman–Crippen MR) is 72.2 cm³/mol. The Bertz CT molecular complexity index is 484. The van der Waals surface area contributed by atoms with Gasteiger partial charge in [0.05, 0.1) is 5.69 Å². The molecule has 0 spiro atoms. The topological polar surface area (TPSA) is 52.6 Å². The highest BCUT2D eigenvalue weighted by molar-refractivity contribution is 6.30. The summed E-state index contributed by atoms with van der Waals surface area (Å²) in [6.07, 6.45) is -0.238. The van der Waals surface area contributed by atoms with Crippen molar-refractivity contribution in [1.29, 1.82) is 0 Å². The summed E-state index contributed by atoms with van der Waals surface area (Å²) in [4.78, 5) is 12.3. The highest BCUT2D eigenvalue weighted by Gasteiger charge is 2.28. The molecule has 0 aliphatic carbocycles. The lowest BCUT2D eigenvalue weighted by atomic mass is 9.94. The molecule has 6 heteroatoms. The first kappa shape index (κ1) is 13.9. The summed E-state index contributed by atoms with van der Waals surface area (Å²) in [6.45, 7) is 2.88. The van der Waals surface area contributed by atoms with E-state index in [1.165, 1.54) is 11.0 Å². The summed E-state index contributed by atoms with van der Waals surface area (Å²) in [7, 11) is 0. The molecule has 19 heavy (non-hydrogen) atoms. The van der Waals surface area contributed by atoms with Gasteiger partial charge >= 0.3 is 6.09 Å². The lowest BCUT2D eigenvalue weighted by molar-refractivity contribution is 0.119. The summed E-state index contributed by atoms with van der Waals surface area (Å²) in [5.41, 5.74) is 0.407. The minimum Gasteiger partial charge on any atom is -0.465 e. The van der Waals surface area contributed by atoms with Gasteiger partial charge in [0, 0.05) is 24.2 Å². The number of anilines is 1. The summed E-state index contributed by atoms with van der Waals surface area (Å²) in [6, 6.07) is 4.56. The third kappa shape index (κ3) is 3.29. The molecule has 0 aromatic heterocycles. The quantitative estimate of drug-likeness (QED) is 0.877. The highest BCUT2D eigenvalue weighted by Crippen LogP contribution is 2.24. The zero-order chi connectivity index (χ0) is 14.0. The first-order valence-electron chi connectivity index (χ1n) is 6.17. The van der Waals surface area contributed by atoms with E-state index < -0.39 is 6.09 Å². The molecular formula is C13H16ClFN2O2. The van der Waals surface area contributed by atoms with Crippen LogP contribution in [0.1, 0.15) is 13.3 Å². The fraction of sp³-hybridized carbons (Fsp3) is 0.462. The van der Waals surface area contributed by atoms with Gasteiger partial charge in [-0.25, -0.2) is 9.18 Å². The SMILES string of the molecule is C[C@H]1CN(C(=O)O)CC[C@H]1Nc1ccc(Cl)cc1F. The molecule has 0 unspecified atom stereocenters. The number of hydrogen-bond acceptors (Lipinski definition) is 2. The van der Waals surface area contributed by atoms with Gasteiger partial charge in [-0.3, -0.25) is 0 Å². The lowest BCUT2D eigenvalue weighted by Crippen LogP contribution is -2.47. The van der Waals surface area contributed by atoms with Gasteiger partial charge in [0.1, 0.15) is 5.82 Å². The maximum atomic E-state index is 13.7. The Morgan fingerprint density at radius 1 is 1.58 bits per heavy atom. The van der Waals surface area contributed by atoms with E-state index in [-0.39, 0.29) is 17.8 Å². The maximum absolute atomic E-state index is 13.7. The third-order valence-corrected chi connectivity index (χ3v) is 3.68. The smallest absolute Gasteiger partial charge is 0.407 e. The Morgan fingerprint density at radius 2 is 2.32 bits per heavy atom. The van der Waals surface area contributed by atoms with Crippen molar-refractivity contribution in [2.24, 2.45) is 5.92 Å². The van der Waals surface area contributed by atoms with Gasteiger partial charge in [-0.15, -0.1) is 0 Å². The van der Waals surface area contributed by atoms with Crippen LogP contribution in [0.5, 0.6) is 0 Å². The second kappa shape index (κ2) is 5.65. The molecule has 1 fully saturated rings. The van der Waals surface area contributed by atoms with Crippen LogP contribution in [0.25, 0.3) is 0 Å². The Labute approximate surface area is 116 Å². The first-order chi connectivity index (χ1) is 8.97. The average molecular weight is 287 g/mol. The van der Waals surface area contributed by atoms with Gasteiger partial charge in [0.2, 0.25) is 0 Å². The Morgan fingerprint density at radius 3 is 2.89 bits per heavy atom. The van der Waals surface area contributed by atoms with Crippen molar-refractivity contribution in [3.05, 3.63) is 29.0 Å². The first-order valence-corrected chi connectivity index (χ1v) is 6.54. The van der Waals surface area contributed by atoms with Crippen LogP contribution in [0, 0.1) is 11.7 Å². The van der Waals surface area contributed by atoms with Gasteiger partial charge in [0.25, 0.3) is 0 Å². The number of benzene rings is 1. The number of amides is 1. The van der Waals surface area contributed by atoms with E-state index >= 15 is 0 Å². The van der Waals surface area contributed by atoms with Crippen LogP contribution >= 0.6 is 11.6 Å². The molecule has 1 amide bonds. The Hall–Kier alpha value is -1.49. The number of rotatable bonds is 2. The second-order valence-electron chi connectivity index (χ2n) is 4.87. The summed E-state index contributed by atoms with van der Waals surface area (Å²) >= 11 is 5.70. The van der Waals surface area contributed by atoms with Crippen LogP contribution < -0.4 is 5.32 Å². The lowest BCUT2D eigenvalue weighted by Gasteiger charge is -2.36. The number of carbonyl (C=O) groups is 1. The number of halogens is 2. The number of hydrogen-bond donors (Lipinski definition) is 2. The molecule has 1 aliphatic heterocycles. The molecule has 104 valence electrons. The molecule has 2 atom stereocenters. The van der Waals surface area contributed by atoms with Crippen LogP contribution in [-0.2, 0) is 0 Å². The van der Waals surface area contributed by atoms with Crippen molar-refractivity contribution >= 4 is 23.4 Å². The second-order valence-corrected chi connectivity index (χ2v) is 5.31. The Balaban J connectivity index is 2.02. The normalized spacial score (nSPS) is 23.2. The van der Waals surface area contributed by atoms with E-state index in [4.69, 9.17) is 16.7 Å². The van der Waals surface area contributed by atoms with Crippen molar-refractivity contribution < 1.29 is 14.3 Å². The van der Waals surface area contributed by atoms with Gasteiger partial charge < -0.3 is 15.3 Å². The summed E-state index contributed by atoms with van der Waals surface area (Å²) in [5.74, 6) is -0.264. The van der Waals surface area contributed by atoms with Gasteiger partial charge in [0.15, 0.2) is 0 Å². The van der Waals surface area contributed by atoms with Crippen LogP contribution in [0.15, 0.2) is 18.2 Å². The van der Waals surface area contributed by atoms with Gasteiger partial charge in [-0.05, 0) is 30.5 Å². The number of nitrogens with one attached hydrogen (secondary N) is 1. The third-order valence-electron chi connectivity index (χ3n) is 3.45. The van der Waals surface area contributed by atoms with Crippen molar-refractivity contribution in [2.75, 3.05) is 18.4 Å². The maximum Gasteiger partial charge on any atom is 0.407 e. The molecule has 1 aliphatic rings. The molecule has 0 bridgehead atoms. The Kier molecular flexibility index (Phi) is 4.14. The molecule has 2 rings (SSSR count). The van der Waals surface area contributed by atoms with Crippen LogP contribution in [-0.4, -0.2) is 35.2 Å². The van der Waals surface area contributed by atoms with Gasteiger partial charge in [-0.1, -0.05) is 18.5 Å². The summed E-state index contributed by atoms with van der Waals surface area (Å²) in [5, 5.41) is 12.4. The molecule has 1 heterocycles.